The summed E-state index contributed by atoms with van der Waals surface area (Å²) in [5.41, 5.74) is 0.413. The van der Waals surface area contributed by atoms with Gasteiger partial charge in [-0.15, -0.1) is 0 Å². The first-order valence-electron chi connectivity index (χ1n) is 14.8. The molecule has 0 atom stereocenters. The molecule has 0 saturated carbocycles. The Kier molecular flexibility index (Phi) is 6.61. The fourth-order valence-corrected chi connectivity index (χ4v) is 8.09. The van der Waals surface area contributed by atoms with Crippen LogP contribution in [0.4, 0.5) is 0 Å². The van der Waals surface area contributed by atoms with Crippen molar-refractivity contribution in [1.82, 2.24) is 0 Å². The molecule has 9 rings (SSSR count). The fraction of sp³-hybridized carbons (Fsp3) is 0.158. The average Bonchev–Trinajstić information content (AvgIpc) is 3.22. The van der Waals surface area contributed by atoms with E-state index in [1.165, 1.54) is 64.6 Å². The van der Waals surface area contributed by atoms with E-state index < -0.39 is 0 Å². The second kappa shape index (κ2) is 10.1. The second-order valence-corrected chi connectivity index (χ2v) is 15.4. The van der Waals surface area contributed by atoms with Crippen molar-refractivity contribution >= 4 is 125 Å². The predicted octanol–water partition coefficient (Wildman–Crippen LogP) is 11.8. The smallest absolute Gasteiger partial charge is 0.399 e. The molecule has 1 aliphatic heterocycles. The summed E-state index contributed by atoms with van der Waals surface area (Å²) < 4.78 is 16.0. The van der Waals surface area contributed by atoms with Crippen molar-refractivity contribution in [2.75, 3.05) is 0 Å². The van der Waals surface area contributed by atoms with Crippen LogP contribution in [0.15, 0.2) is 110 Å². The van der Waals surface area contributed by atoms with E-state index in [-0.39, 0.29) is 18.3 Å². The lowest BCUT2D eigenvalue weighted by Gasteiger charge is -2.32. The summed E-state index contributed by atoms with van der Waals surface area (Å²) in [6.45, 7) is 8.37. The van der Waals surface area contributed by atoms with Crippen molar-refractivity contribution in [2.45, 2.75) is 38.9 Å². The number of hydrogen-bond donors (Lipinski definition) is 0. The highest BCUT2D eigenvalue weighted by Gasteiger charge is 2.51. The van der Waals surface area contributed by atoms with Crippen molar-refractivity contribution in [3.63, 3.8) is 0 Å². The Morgan fingerprint density at radius 3 is 1.27 bits per heavy atom. The van der Waals surface area contributed by atoms with Gasteiger partial charge in [0.15, 0.2) is 0 Å². The quantitative estimate of drug-likeness (QED) is 0.122. The first-order chi connectivity index (χ1) is 21.0. The molecular formula is C38H28BBr3O2. The minimum Gasteiger partial charge on any atom is -0.399 e. The molecule has 6 heteroatoms. The van der Waals surface area contributed by atoms with Gasteiger partial charge < -0.3 is 9.31 Å². The molecule has 1 saturated heterocycles. The molecule has 0 radical (unpaired) electrons. The van der Waals surface area contributed by atoms with Gasteiger partial charge in [0.2, 0.25) is 0 Å². The van der Waals surface area contributed by atoms with Crippen molar-refractivity contribution in [1.29, 1.82) is 0 Å². The summed E-state index contributed by atoms with van der Waals surface area (Å²) in [5, 5.41) is 15.5. The minimum atomic E-state index is -0.339. The summed E-state index contributed by atoms with van der Waals surface area (Å²) >= 11 is 10.9. The van der Waals surface area contributed by atoms with Crippen LogP contribution in [0.25, 0.3) is 64.6 Å². The van der Waals surface area contributed by atoms with Crippen LogP contribution in [0, 0.1) is 0 Å². The Labute approximate surface area is 281 Å². The predicted molar refractivity (Wildman–Crippen MR) is 199 cm³/mol. The minimum absolute atomic E-state index is 0.332. The number of rotatable bonds is 1. The summed E-state index contributed by atoms with van der Waals surface area (Å²) in [7, 11) is -0.339. The first-order valence-corrected chi connectivity index (χ1v) is 17.1. The molecule has 0 aromatic heterocycles. The van der Waals surface area contributed by atoms with Crippen LogP contribution >= 0.6 is 47.8 Å². The molecule has 8 aromatic carbocycles. The van der Waals surface area contributed by atoms with Crippen LogP contribution in [0.3, 0.4) is 0 Å². The average molecular weight is 767 g/mol. The van der Waals surface area contributed by atoms with Crippen LogP contribution in [0.1, 0.15) is 27.7 Å². The molecule has 1 heterocycles. The molecule has 1 fully saturated rings. The van der Waals surface area contributed by atoms with E-state index in [0.717, 1.165) is 18.9 Å². The summed E-state index contributed by atoms with van der Waals surface area (Å²) in [4.78, 5) is 0. The van der Waals surface area contributed by atoms with Crippen LogP contribution in [-0.2, 0) is 9.31 Å². The van der Waals surface area contributed by atoms with E-state index in [2.05, 4.69) is 173 Å². The van der Waals surface area contributed by atoms with Gasteiger partial charge in [-0.3, -0.25) is 0 Å². The van der Waals surface area contributed by atoms with Gasteiger partial charge in [-0.05, 0) is 122 Å². The molecule has 8 aromatic rings. The van der Waals surface area contributed by atoms with E-state index in [0.29, 0.717) is 0 Å². The van der Waals surface area contributed by atoms with Gasteiger partial charge in [-0.1, -0.05) is 121 Å². The van der Waals surface area contributed by atoms with Crippen molar-refractivity contribution in [3.8, 4) is 0 Å². The van der Waals surface area contributed by atoms with Gasteiger partial charge in [0, 0.05) is 13.4 Å². The molecule has 1 aliphatic rings. The molecule has 0 N–H and O–H groups in total. The lowest BCUT2D eigenvalue weighted by Crippen LogP contribution is -2.41. The van der Waals surface area contributed by atoms with Gasteiger partial charge in [-0.2, -0.15) is 0 Å². The third kappa shape index (κ3) is 4.40. The Hall–Kier alpha value is -2.74. The highest BCUT2D eigenvalue weighted by Crippen LogP contribution is 2.41. The monoisotopic (exact) mass is 764 g/mol. The maximum absolute atomic E-state index is 6.27. The van der Waals surface area contributed by atoms with Gasteiger partial charge in [-0.25, -0.2) is 0 Å². The van der Waals surface area contributed by atoms with Gasteiger partial charge in [0.05, 0.1) is 11.2 Å². The zero-order chi connectivity index (χ0) is 30.5. The fourth-order valence-electron chi connectivity index (χ4n) is 6.67. The van der Waals surface area contributed by atoms with Crippen molar-refractivity contribution in [2.24, 2.45) is 0 Å². The lowest BCUT2D eigenvalue weighted by atomic mass is 9.76. The Morgan fingerprint density at radius 1 is 0.455 bits per heavy atom. The van der Waals surface area contributed by atoms with E-state index in [1.807, 2.05) is 0 Å². The Balaban J connectivity index is 0.000000140. The molecule has 0 spiro atoms. The van der Waals surface area contributed by atoms with Crippen LogP contribution in [0.5, 0.6) is 0 Å². The second-order valence-electron chi connectivity index (χ2n) is 12.8. The van der Waals surface area contributed by atoms with Crippen LogP contribution < -0.4 is 5.46 Å². The van der Waals surface area contributed by atoms with E-state index in [9.17, 15) is 0 Å². The van der Waals surface area contributed by atoms with Crippen molar-refractivity contribution in [3.05, 3.63) is 110 Å². The zero-order valence-corrected chi connectivity index (χ0v) is 29.5. The SMILES string of the molecule is Brc1cc2ccc3ccc(Br)c4ccc(c1)c2c34.CC1(C)OB(c2cc3ccc4ccc(Br)c5ccc(c2)c3c45)OC1(C)C. The van der Waals surface area contributed by atoms with E-state index >= 15 is 0 Å². The van der Waals surface area contributed by atoms with Crippen molar-refractivity contribution < 1.29 is 9.31 Å². The summed E-state index contributed by atoms with van der Waals surface area (Å²) in [6.07, 6.45) is 0. The third-order valence-electron chi connectivity index (χ3n) is 9.60. The topological polar surface area (TPSA) is 18.5 Å². The number of benzene rings is 8. The molecule has 0 aliphatic carbocycles. The summed E-state index contributed by atoms with van der Waals surface area (Å²) in [6, 6.07) is 35.0. The number of hydrogen-bond acceptors (Lipinski definition) is 2. The molecule has 0 unspecified atom stereocenters. The highest BCUT2D eigenvalue weighted by molar-refractivity contribution is 9.11. The molecular weight excluding hydrogens is 739 g/mol. The maximum Gasteiger partial charge on any atom is 0.494 e. The van der Waals surface area contributed by atoms with Crippen LogP contribution in [0.2, 0.25) is 0 Å². The first kappa shape index (κ1) is 28.7. The normalized spacial score (nSPS) is 16.2. The van der Waals surface area contributed by atoms with Crippen LogP contribution in [-0.4, -0.2) is 18.3 Å². The van der Waals surface area contributed by atoms with Gasteiger partial charge in [0.1, 0.15) is 0 Å². The number of halogens is 3. The molecule has 44 heavy (non-hydrogen) atoms. The summed E-state index contributed by atoms with van der Waals surface area (Å²) in [5.74, 6) is 0. The molecule has 2 nitrogen and oxygen atoms in total. The molecule has 0 bridgehead atoms. The zero-order valence-electron chi connectivity index (χ0n) is 24.8. The standard InChI is InChI=1S/C22H20BBrO2.C16H8Br2/c1-21(2)22(3,4)26-23(25-21)16-11-14-6-5-13-8-10-18(24)17-9-7-15(12-16)19(14)20(13)17;17-12-7-10-2-1-9-4-6-14(18)13-5-3-11(8-12)15(10)16(9)13/h5-12H,1-4H3;1-8H. The van der Waals surface area contributed by atoms with E-state index in [1.54, 1.807) is 0 Å². The molecule has 216 valence electrons. The maximum atomic E-state index is 6.27. The lowest BCUT2D eigenvalue weighted by molar-refractivity contribution is 0.00578. The Morgan fingerprint density at radius 2 is 0.818 bits per heavy atom. The molecule has 0 amide bonds. The third-order valence-corrected chi connectivity index (χ3v) is 11.4. The van der Waals surface area contributed by atoms with E-state index in [4.69, 9.17) is 9.31 Å². The highest BCUT2D eigenvalue weighted by atomic mass is 79.9. The Bertz CT molecular complexity index is 2340. The van der Waals surface area contributed by atoms with Gasteiger partial charge in [0.25, 0.3) is 0 Å². The van der Waals surface area contributed by atoms with Gasteiger partial charge >= 0.3 is 7.12 Å². The largest absolute Gasteiger partial charge is 0.494 e.